The lowest BCUT2D eigenvalue weighted by molar-refractivity contribution is 0.0759. The summed E-state index contributed by atoms with van der Waals surface area (Å²) in [5.74, 6) is 1.03. The van der Waals surface area contributed by atoms with Gasteiger partial charge in [-0.15, -0.1) is 0 Å². The van der Waals surface area contributed by atoms with E-state index in [0.29, 0.717) is 23.7 Å². The quantitative estimate of drug-likeness (QED) is 0.769. The molecule has 0 radical (unpaired) electrons. The lowest BCUT2D eigenvalue weighted by atomic mass is 9.91. The van der Waals surface area contributed by atoms with Gasteiger partial charge in [0.15, 0.2) is 5.78 Å². The summed E-state index contributed by atoms with van der Waals surface area (Å²) in [7, 11) is 3.11. The second-order valence-corrected chi connectivity index (χ2v) is 4.37. The van der Waals surface area contributed by atoms with Gasteiger partial charge in [-0.3, -0.25) is 4.79 Å². The minimum absolute atomic E-state index is 0.0364. The maximum atomic E-state index is 12.6. The van der Waals surface area contributed by atoms with Gasteiger partial charge in [-0.2, -0.15) is 0 Å². The van der Waals surface area contributed by atoms with Crippen molar-refractivity contribution in [3.05, 3.63) is 23.8 Å². The van der Waals surface area contributed by atoms with Crippen LogP contribution in [0, 0.1) is 5.92 Å². The van der Waals surface area contributed by atoms with Gasteiger partial charge in [0.05, 0.1) is 26.2 Å². The van der Waals surface area contributed by atoms with Gasteiger partial charge in [-0.25, -0.2) is 0 Å². The van der Waals surface area contributed by atoms with Gasteiger partial charge >= 0.3 is 0 Å². The summed E-state index contributed by atoms with van der Waals surface area (Å²) < 4.78 is 16.0. The lowest BCUT2D eigenvalue weighted by Crippen LogP contribution is -2.22. The number of methoxy groups -OCH3 is 2. The van der Waals surface area contributed by atoms with Crippen molar-refractivity contribution in [2.75, 3.05) is 20.8 Å². The Morgan fingerprint density at radius 3 is 2.33 bits per heavy atom. The molecular formula is C14H18O4. The highest BCUT2D eigenvalue weighted by atomic mass is 16.5. The van der Waals surface area contributed by atoms with Crippen LogP contribution in [-0.2, 0) is 4.74 Å². The summed E-state index contributed by atoms with van der Waals surface area (Å²) in [5, 5.41) is 0. The molecule has 18 heavy (non-hydrogen) atoms. The summed E-state index contributed by atoms with van der Waals surface area (Å²) >= 11 is 0. The maximum absolute atomic E-state index is 12.6. The van der Waals surface area contributed by atoms with E-state index in [4.69, 9.17) is 14.2 Å². The zero-order valence-corrected chi connectivity index (χ0v) is 10.9. The zero-order valence-electron chi connectivity index (χ0n) is 10.9. The second kappa shape index (κ2) is 5.40. The highest BCUT2D eigenvalue weighted by molar-refractivity contribution is 6.03. The Kier molecular flexibility index (Phi) is 3.87. The monoisotopic (exact) mass is 250 g/mol. The molecule has 0 aliphatic carbocycles. The van der Waals surface area contributed by atoms with E-state index in [-0.39, 0.29) is 17.8 Å². The Labute approximate surface area is 107 Å². The lowest BCUT2D eigenvalue weighted by Gasteiger charge is -2.17. The number of benzene rings is 1. The number of hydrogen-bond donors (Lipinski definition) is 0. The molecule has 1 aromatic rings. The number of hydrogen-bond acceptors (Lipinski definition) is 4. The van der Waals surface area contributed by atoms with Crippen LogP contribution in [-0.4, -0.2) is 32.7 Å². The molecule has 1 saturated heterocycles. The Balaban J connectivity index is 2.39. The molecule has 4 nitrogen and oxygen atoms in total. The van der Waals surface area contributed by atoms with E-state index in [1.54, 1.807) is 26.4 Å². The van der Waals surface area contributed by atoms with E-state index in [1.807, 2.05) is 13.0 Å². The van der Waals surface area contributed by atoms with Crippen LogP contribution >= 0.6 is 0 Å². The highest BCUT2D eigenvalue weighted by Crippen LogP contribution is 2.34. The molecule has 1 aliphatic rings. The first-order valence-electron chi connectivity index (χ1n) is 6.05. The van der Waals surface area contributed by atoms with Crippen molar-refractivity contribution in [3.63, 3.8) is 0 Å². The topological polar surface area (TPSA) is 44.8 Å². The van der Waals surface area contributed by atoms with Crippen molar-refractivity contribution in [3.8, 4) is 11.5 Å². The molecule has 0 bridgehead atoms. The first kappa shape index (κ1) is 12.9. The molecule has 0 aromatic heterocycles. The van der Waals surface area contributed by atoms with Gasteiger partial charge in [0, 0.05) is 6.61 Å². The third-order valence-corrected chi connectivity index (χ3v) is 3.39. The van der Waals surface area contributed by atoms with Crippen molar-refractivity contribution >= 4 is 5.78 Å². The molecule has 2 atom stereocenters. The first-order valence-corrected chi connectivity index (χ1v) is 6.05. The van der Waals surface area contributed by atoms with Crippen molar-refractivity contribution in [1.29, 1.82) is 0 Å². The predicted octanol–water partition coefficient (Wildman–Crippen LogP) is 2.31. The third-order valence-electron chi connectivity index (χ3n) is 3.39. The summed E-state index contributed by atoms with van der Waals surface area (Å²) in [6.45, 7) is 2.56. The fourth-order valence-electron chi connectivity index (χ4n) is 2.36. The van der Waals surface area contributed by atoms with Crippen LogP contribution in [0.3, 0.4) is 0 Å². The molecule has 4 heteroatoms. The Hall–Kier alpha value is -1.55. The van der Waals surface area contributed by atoms with Crippen LogP contribution in [0.25, 0.3) is 0 Å². The Morgan fingerprint density at radius 1 is 1.28 bits per heavy atom. The van der Waals surface area contributed by atoms with Crippen LogP contribution < -0.4 is 9.47 Å². The molecule has 1 fully saturated rings. The molecule has 2 unspecified atom stereocenters. The van der Waals surface area contributed by atoms with E-state index in [2.05, 4.69) is 0 Å². The van der Waals surface area contributed by atoms with E-state index < -0.39 is 0 Å². The van der Waals surface area contributed by atoms with E-state index in [1.165, 1.54) is 0 Å². The van der Waals surface area contributed by atoms with Gasteiger partial charge in [0.25, 0.3) is 0 Å². The Morgan fingerprint density at radius 2 is 1.89 bits per heavy atom. The summed E-state index contributed by atoms with van der Waals surface area (Å²) in [6, 6.07) is 5.36. The summed E-state index contributed by atoms with van der Waals surface area (Å²) in [4.78, 5) is 12.6. The maximum Gasteiger partial charge on any atom is 0.176 e. The van der Waals surface area contributed by atoms with Crippen LogP contribution in [0.1, 0.15) is 23.7 Å². The number of ether oxygens (including phenoxy) is 3. The summed E-state index contributed by atoms with van der Waals surface area (Å²) in [5.41, 5.74) is 0.518. The van der Waals surface area contributed by atoms with E-state index in [0.717, 1.165) is 6.42 Å². The van der Waals surface area contributed by atoms with Crippen LogP contribution in [0.15, 0.2) is 18.2 Å². The number of Topliss-reactive ketones (excluding diaryl/α,β-unsaturated/α-hetero) is 1. The number of carbonyl (C=O) groups is 1. The molecule has 0 N–H and O–H groups in total. The highest BCUT2D eigenvalue weighted by Gasteiger charge is 2.34. The number of carbonyl (C=O) groups excluding carboxylic acids is 1. The molecular weight excluding hydrogens is 232 g/mol. The second-order valence-electron chi connectivity index (χ2n) is 4.37. The van der Waals surface area contributed by atoms with Crippen molar-refractivity contribution in [2.45, 2.75) is 19.4 Å². The molecule has 0 amide bonds. The van der Waals surface area contributed by atoms with Crippen LogP contribution in [0.5, 0.6) is 11.5 Å². The number of rotatable bonds is 4. The molecule has 0 spiro atoms. The molecule has 1 aromatic carbocycles. The minimum atomic E-state index is -0.116. The molecule has 1 aliphatic heterocycles. The fraction of sp³-hybridized carbons (Fsp3) is 0.500. The van der Waals surface area contributed by atoms with Gasteiger partial charge in [-0.05, 0) is 25.5 Å². The third kappa shape index (κ3) is 2.20. The molecule has 0 saturated carbocycles. The SMILES string of the molecule is COc1cccc(OC)c1C(=O)C1CCOC1C. The fourth-order valence-corrected chi connectivity index (χ4v) is 2.36. The first-order chi connectivity index (χ1) is 8.69. The normalized spacial score (nSPS) is 22.8. The summed E-state index contributed by atoms with van der Waals surface area (Å²) in [6.07, 6.45) is 0.702. The number of ketones is 1. The van der Waals surface area contributed by atoms with Crippen molar-refractivity contribution < 1.29 is 19.0 Å². The molecule has 1 heterocycles. The smallest absolute Gasteiger partial charge is 0.176 e. The minimum Gasteiger partial charge on any atom is -0.496 e. The molecule has 2 rings (SSSR count). The van der Waals surface area contributed by atoms with Crippen LogP contribution in [0.2, 0.25) is 0 Å². The van der Waals surface area contributed by atoms with Crippen molar-refractivity contribution in [1.82, 2.24) is 0 Å². The van der Waals surface area contributed by atoms with E-state index >= 15 is 0 Å². The largest absolute Gasteiger partial charge is 0.496 e. The predicted molar refractivity (Wildman–Crippen MR) is 67.4 cm³/mol. The molecule has 98 valence electrons. The van der Waals surface area contributed by atoms with E-state index in [9.17, 15) is 4.79 Å². The average Bonchev–Trinajstić information content (AvgIpc) is 2.83. The average molecular weight is 250 g/mol. The van der Waals surface area contributed by atoms with Gasteiger partial charge in [0.2, 0.25) is 0 Å². The van der Waals surface area contributed by atoms with Gasteiger partial charge in [0.1, 0.15) is 17.1 Å². The van der Waals surface area contributed by atoms with Gasteiger partial charge in [-0.1, -0.05) is 6.07 Å². The Bertz CT molecular complexity index is 419. The zero-order chi connectivity index (χ0) is 13.1. The van der Waals surface area contributed by atoms with Gasteiger partial charge < -0.3 is 14.2 Å². The standard InChI is InChI=1S/C14H18O4/c1-9-10(7-8-18-9)14(15)13-11(16-2)5-4-6-12(13)17-3/h4-6,9-10H,7-8H2,1-3H3. The van der Waals surface area contributed by atoms with Crippen molar-refractivity contribution in [2.24, 2.45) is 5.92 Å². The van der Waals surface area contributed by atoms with Crippen LogP contribution in [0.4, 0.5) is 0 Å².